The normalized spacial score (nSPS) is 12.6. The molecule has 0 aromatic carbocycles. The van der Waals surface area contributed by atoms with Crippen LogP contribution in [0.2, 0.25) is 0 Å². The first-order valence-corrected chi connectivity index (χ1v) is 33.2. The summed E-state index contributed by atoms with van der Waals surface area (Å²) >= 11 is 0. The minimum Gasteiger partial charge on any atom is -0.465 e. The van der Waals surface area contributed by atoms with Crippen molar-refractivity contribution < 1.29 is 19.1 Å². The molecule has 0 aromatic heterocycles. The van der Waals surface area contributed by atoms with Crippen molar-refractivity contribution in [1.29, 1.82) is 0 Å². The lowest BCUT2D eigenvalue weighted by Crippen LogP contribution is -2.35. The van der Waals surface area contributed by atoms with Crippen LogP contribution in [-0.2, 0) is 19.1 Å². The van der Waals surface area contributed by atoms with Crippen LogP contribution < -0.4 is 0 Å². The highest BCUT2D eigenvalue weighted by atomic mass is 16.5. The number of carbonyl (C=O) groups is 2. The van der Waals surface area contributed by atoms with Crippen molar-refractivity contribution >= 4 is 11.9 Å². The Morgan fingerprint density at radius 3 is 1.19 bits per heavy atom. The largest absolute Gasteiger partial charge is 0.465 e. The highest BCUT2D eigenvalue weighted by Gasteiger charge is 2.14. The molecule has 0 rings (SSSR count). The van der Waals surface area contributed by atoms with Gasteiger partial charge in [0.15, 0.2) is 0 Å². The van der Waals surface area contributed by atoms with Gasteiger partial charge in [0, 0.05) is 52.7 Å². The summed E-state index contributed by atoms with van der Waals surface area (Å²) in [6.07, 6.45) is 57.9. The van der Waals surface area contributed by atoms with Gasteiger partial charge in [-0.1, -0.05) is 247 Å². The van der Waals surface area contributed by atoms with E-state index in [1.54, 1.807) is 0 Å². The molecule has 0 aliphatic carbocycles. The van der Waals surface area contributed by atoms with Gasteiger partial charge in [-0.05, 0) is 109 Å². The Kier molecular flexibility index (Phi) is 57.6. The van der Waals surface area contributed by atoms with Gasteiger partial charge in [-0.2, -0.15) is 0 Å². The topological polar surface area (TPSA) is 62.3 Å². The maximum Gasteiger partial charge on any atom is 0.305 e. The molecule has 0 saturated heterocycles. The fourth-order valence-corrected chi connectivity index (χ4v) is 10.7. The first-order valence-electron chi connectivity index (χ1n) is 33.2. The van der Waals surface area contributed by atoms with Gasteiger partial charge in [-0.3, -0.25) is 9.59 Å². The molecule has 1 amide bonds. The zero-order valence-corrected chi connectivity index (χ0v) is 51.0. The van der Waals surface area contributed by atoms with Gasteiger partial charge in [0.1, 0.15) is 0 Å². The van der Waals surface area contributed by atoms with E-state index >= 15 is 0 Å². The van der Waals surface area contributed by atoms with Crippen LogP contribution in [0.4, 0.5) is 0 Å². The third kappa shape index (κ3) is 52.6. The number of likely N-dealkylation sites (N-methyl/N-ethyl adjacent to an activating group) is 1. The van der Waals surface area contributed by atoms with Crippen LogP contribution in [0, 0.1) is 11.8 Å². The van der Waals surface area contributed by atoms with E-state index in [1.807, 2.05) is 11.9 Å². The van der Waals surface area contributed by atoms with Crippen LogP contribution >= 0.6 is 0 Å². The number of carbonyl (C=O) groups excluding carboxylic acids is 2. The molecular weight excluding hydrogens is 899 g/mol. The van der Waals surface area contributed by atoms with E-state index < -0.39 is 0 Å². The lowest BCUT2D eigenvalue weighted by Gasteiger charge is -2.26. The van der Waals surface area contributed by atoms with Gasteiger partial charge in [0.25, 0.3) is 0 Å². The second kappa shape index (κ2) is 58.5. The van der Waals surface area contributed by atoms with E-state index in [0.29, 0.717) is 31.3 Å². The molecule has 0 saturated carbocycles. The summed E-state index contributed by atoms with van der Waals surface area (Å²) in [4.78, 5) is 32.7. The fourth-order valence-electron chi connectivity index (χ4n) is 10.7. The molecule has 0 bridgehead atoms. The van der Waals surface area contributed by atoms with Crippen molar-refractivity contribution in [3.8, 4) is 0 Å². The standard InChI is InChI=1S/C66H133N3O4/c1-8-13-18-23-29-39-49-63(48-37-21-16-11-4)61-72-60-47-35-27-26-33-45-56-69(59-58-67(6)54-43-36-41-52-65(70)68(7)55-44-32-25-20-15-10-3)57-46-34-28-31-42-53-66(71)73-62-64(50-38-22-17-12-5)51-40-30-24-19-14-9-2/h63-64H,8-62H2,1-7H3. The van der Waals surface area contributed by atoms with Gasteiger partial charge in [0.2, 0.25) is 5.91 Å². The van der Waals surface area contributed by atoms with Gasteiger partial charge in [-0.15, -0.1) is 0 Å². The maximum atomic E-state index is 12.8. The molecule has 0 heterocycles. The van der Waals surface area contributed by atoms with Crippen molar-refractivity contribution in [3.63, 3.8) is 0 Å². The molecule has 0 fully saturated rings. The van der Waals surface area contributed by atoms with Crippen molar-refractivity contribution in [2.45, 2.75) is 330 Å². The van der Waals surface area contributed by atoms with Gasteiger partial charge in [-0.25, -0.2) is 0 Å². The highest BCUT2D eigenvalue weighted by Crippen LogP contribution is 2.22. The molecule has 0 radical (unpaired) electrons. The Labute approximate surface area is 458 Å². The van der Waals surface area contributed by atoms with E-state index in [4.69, 9.17) is 9.47 Å². The molecule has 0 aliphatic heterocycles. The highest BCUT2D eigenvalue weighted by molar-refractivity contribution is 5.75. The first kappa shape index (κ1) is 71.8. The zero-order valence-electron chi connectivity index (χ0n) is 51.0. The third-order valence-corrected chi connectivity index (χ3v) is 16.1. The molecule has 7 nitrogen and oxygen atoms in total. The van der Waals surface area contributed by atoms with Crippen LogP contribution in [0.5, 0.6) is 0 Å². The average Bonchev–Trinajstić information content (AvgIpc) is 3.39. The molecule has 0 spiro atoms. The minimum absolute atomic E-state index is 0.0285. The number of hydrogen-bond acceptors (Lipinski definition) is 6. The molecule has 436 valence electrons. The molecule has 2 atom stereocenters. The predicted molar refractivity (Wildman–Crippen MR) is 321 cm³/mol. The van der Waals surface area contributed by atoms with Crippen LogP contribution in [0.3, 0.4) is 0 Å². The molecule has 0 aromatic rings. The summed E-state index contributed by atoms with van der Waals surface area (Å²) < 4.78 is 12.2. The van der Waals surface area contributed by atoms with Crippen LogP contribution in [0.1, 0.15) is 330 Å². The Bertz CT molecular complexity index is 1110. The first-order chi connectivity index (χ1) is 35.8. The predicted octanol–water partition coefficient (Wildman–Crippen LogP) is 19.5. The Morgan fingerprint density at radius 1 is 0.342 bits per heavy atom. The van der Waals surface area contributed by atoms with Gasteiger partial charge in [0.05, 0.1) is 6.61 Å². The smallest absolute Gasteiger partial charge is 0.305 e. The molecule has 73 heavy (non-hydrogen) atoms. The van der Waals surface area contributed by atoms with E-state index in [9.17, 15) is 9.59 Å². The quantitative estimate of drug-likeness (QED) is 0.0447. The number of esters is 1. The summed E-state index contributed by atoms with van der Waals surface area (Å²) in [5.74, 6) is 1.66. The van der Waals surface area contributed by atoms with Crippen LogP contribution in [0.15, 0.2) is 0 Å². The van der Waals surface area contributed by atoms with Crippen LogP contribution in [0.25, 0.3) is 0 Å². The summed E-state index contributed by atoms with van der Waals surface area (Å²) in [6, 6.07) is 0. The Balaban J connectivity index is 4.74. The number of rotatable bonds is 61. The molecule has 2 unspecified atom stereocenters. The van der Waals surface area contributed by atoms with Crippen molar-refractivity contribution in [2.75, 3.05) is 73.2 Å². The number of unbranched alkanes of at least 4 members (excludes halogenated alkanes) is 32. The lowest BCUT2D eigenvalue weighted by molar-refractivity contribution is -0.145. The summed E-state index contributed by atoms with van der Waals surface area (Å²) in [7, 11) is 4.29. The van der Waals surface area contributed by atoms with E-state index in [1.165, 1.54) is 264 Å². The molecule has 0 N–H and O–H groups in total. The Morgan fingerprint density at radius 2 is 0.699 bits per heavy atom. The second-order valence-corrected chi connectivity index (χ2v) is 23.5. The van der Waals surface area contributed by atoms with E-state index in [2.05, 4.69) is 51.5 Å². The third-order valence-electron chi connectivity index (χ3n) is 16.1. The fraction of sp³-hybridized carbons (Fsp3) is 0.970. The van der Waals surface area contributed by atoms with Crippen molar-refractivity contribution in [1.82, 2.24) is 14.7 Å². The average molecular weight is 1030 g/mol. The van der Waals surface area contributed by atoms with Gasteiger partial charge < -0.3 is 24.2 Å². The number of ether oxygens (including phenoxy) is 2. The van der Waals surface area contributed by atoms with E-state index in [-0.39, 0.29) is 5.97 Å². The number of hydrogen-bond donors (Lipinski definition) is 0. The van der Waals surface area contributed by atoms with Crippen LogP contribution in [-0.4, -0.2) is 99.8 Å². The summed E-state index contributed by atoms with van der Waals surface area (Å²) in [6.45, 7) is 20.7. The lowest BCUT2D eigenvalue weighted by atomic mass is 9.95. The number of nitrogens with zero attached hydrogens (tertiary/aromatic N) is 3. The maximum absolute atomic E-state index is 12.8. The monoisotopic (exact) mass is 1030 g/mol. The Hall–Kier alpha value is -1.18. The van der Waals surface area contributed by atoms with Gasteiger partial charge >= 0.3 is 5.97 Å². The van der Waals surface area contributed by atoms with Crippen molar-refractivity contribution in [3.05, 3.63) is 0 Å². The zero-order chi connectivity index (χ0) is 53.3. The second-order valence-electron chi connectivity index (χ2n) is 23.5. The molecular formula is C66H133N3O4. The SMILES string of the molecule is CCCCCCCCC(CCCCCC)COCCCCCCCCN(CCCCCCCC(=O)OCC(CCCCCC)CCCCCCCC)CCN(C)CCCCCC(=O)N(C)CCCCCCCC. The summed E-state index contributed by atoms with van der Waals surface area (Å²) in [5, 5.41) is 0. The van der Waals surface area contributed by atoms with Crippen molar-refractivity contribution in [2.24, 2.45) is 11.8 Å². The summed E-state index contributed by atoms with van der Waals surface area (Å²) in [5.41, 5.74) is 0. The molecule has 7 heteroatoms. The molecule has 0 aliphatic rings. The minimum atomic E-state index is 0.0285. The van der Waals surface area contributed by atoms with E-state index in [0.717, 1.165) is 77.4 Å². The number of amides is 1.